The molecule has 0 radical (unpaired) electrons. The van der Waals surface area contributed by atoms with Crippen molar-refractivity contribution in [3.63, 3.8) is 0 Å². The molecule has 35 heavy (non-hydrogen) atoms. The number of para-hydroxylation sites is 4. The van der Waals surface area contributed by atoms with Crippen molar-refractivity contribution in [3.8, 4) is 28.5 Å². The van der Waals surface area contributed by atoms with E-state index < -0.39 is 0 Å². The highest BCUT2D eigenvalue weighted by atomic mass is 16.5. The molecular formula is C30H24N2O3. The van der Waals surface area contributed by atoms with E-state index >= 15 is 0 Å². The van der Waals surface area contributed by atoms with Crippen LogP contribution < -0.4 is 14.8 Å². The Morgan fingerprint density at radius 3 is 2.31 bits per heavy atom. The highest BCUT2D eigenvalue weighted by Crippen LogP contribution is 2.31. The summed E-state index contributed by atoms with van der Waals surface area (Å²) in [5.41, 5.74) is 3.49. The standard InChI is InChI=1S/C30H24N2O3/c1-2-34-22-18-16-21(17-19-22)28-20-25(24-12-6-7-13-26(24)31-28)30(33)32-27-14-8-9-15-29(27)35-23-10-4-3-5-11-23/h3-20H,2H2,1H3,(H,32,33). The number of carbonyl (C=O) groups excluding carboxylic acids is 1. The zero-order chi connectivity index (χ0) is 24.0. The van der Waals surface area contributed by atoms with E-state index in [1.165, 1.54) is 0 Å². The molecule has 5 heteroatoms. The van der Waals surface area contributed by atoms with Gasteiger partial charge in [-0.05, 0) is 67.6 Å². The van der Waals surface area contributed by atoms with Gasteiger partial charge < -0.3 is 14.8 Å². The molecule has 172 valence electrons. The summed E-state index contributed by atoms with van der Waals surface area (Å²) in [5.74, 6) is 1.82. The lowest BCUT2D eigenvalue weighted by atomic mass is 10.0. The SMILES string of the molecule is CCOc1ccc(-c2cc(C(=O)Nc3ccccc3Oc3ccccc3)c3ccccc3n2)cc1. The number of pyridine rings is 1. The van der Waals surface area contributed by atoms with E-state index in [1.54, 1.807) is 0 Å². The highest BCUT2D eigenvalue weighted by Gasteiger charge is 2.16. The van der Waals surface area contributed by atoms with E-state index in [-0.39, 0.29) is 5.91 Å². The van der Waals surface area contributed by atoms with Gasteiger partial charge in [0.05, 0.1) is 29.1 Å². The van der Waals surface area contributed by atoms with Crippen LogP contribution in [0.15, 0.2) is 109 Å². The number of fused-ring (bicyclic) bond motifs is 1. The zero-order valence-corrected chi connectivity index (χ0v) is 19.3. The monoisotopic (exact) mass is 460 g/mol. The van der Waals surface area contributed by atoms with Crippen LogP contribution in [0.4, 0.5) is 5.69 Å². The van der Waals surface area contributed by atoms with Crippen molar-refractivity contribution >= 4 is 22.5 Å². The Bertz CT molecular complexity index is 1460. The van der Waals surface area contributed by atoms with Gasteiger partial charge in [-0.25, -0.2) is 4.98 Å². The Morgan fingerprint density at radius 2 is 1.51 bits per heavy atom. The molecule has 0 atom stereocenters. The number of anilines is 1. The average Bonchev–Trinajstić information content (AvgIpc) is 2.90. The van der Waals surface area contributed by atoms with Gasteiger partial charge in [-0.2, -0.15) is 0 Å². The van der Waals surface area contributed by atoms with E-state index in [0.717, 1.165) is 22.2 Å². The summed E-state index contributed by atoms with van der Waals surface area (Å²) in [4.78, 5) is 18.3. The molecule has 1 heterocycles. The quantitative estimate of drug-likeness (QED) is 0.276. The smallest absolute Gasteiger partial charge is 0.256 e. The van der Waals surface area contributed by atoms with Crippen molar-refractivity contribution < 1.29 is 14.3 Å². The fraction of sp³-hybridized carbons (Fsp3) is 0.0667. The van der Waals surface area contributed by atoms with E-state index in [9.17, 15) is 4.79 Å². The van der Waals surface area contributed by atoms with Gasteiger partial charge in [0.1, 0.15) is 11.5 Å². The first kappa shape index (κ1) is 22.2. The number of ether oxygens (including phenoxy) is 2. The summed E-state index contributed by atoms with van der Waals surface area (Å²) in [7, 11) is 0. The molecule has 1 amide bonds. The third-order valence-corrected chi connectivity index (χ3v) is 5.53. The van der Waals surface area contributed by atoms with Gasteiger partial charge in [-0.1, -0.05) is 48.5 Å². The summed E-state index contributed by atoms with van der Waals surface area (Å²) in [6, 6.07) is 34.1. The average molecular weight is 461 g/mol. The van der Waals surface area contributed by atoms with Crippen LogP contribution in [0.1, 0.15) is 17.3 Å². The minimum atomic E-state index is -0.236. The molecule has 5 rings (SSSR count). The van der Waals surface area contributed by atoms with Crippen LogP contribution >= 0.6 is 0 Å². The van der Waals surface area contributed by atoms with Crippen molar-refractivity contribution in [2.45, 2.75) is 6.92 Å². The second kappa shape index (κ2) is 10.1. The summed E-state index contributed by atoms with van der Waals surface area (Å²) in [6.07, 6.45) is 0. The summed E-state index contributed by atoms with van der Waals surface area (Å²) < 4.78 is 11.6. The fourth-order valence-corrected chi connectivity index (χ4v) is 3.86. The number of amides is 1. The number of aromatic nitrogens is 1. The number of nitrogens with zero attached hydrogens (tertiary/aromatic N) is 1. The molecule has 5 aromatic rings. The van der Waals surface area contributed by atoms with Gasteiger partial charge in [-0.15, -0.1) is 0 Å². The van der Waals surface area contributed by atoms with Crippen LogP contribution in [0, 0.1) is 0 Å². The minimum absolute atomic E-state index is 0.236. The normalized spacial score (nSPS) is 10.7. The van der Waals surface area contributed by atoms with Gasteiger partial charge in [0, 0.05) is 10.9 Å². The number of carbonyl (C=O) groups is 1. The summed E-state index contributed by atoms with van der Waals surface area (Å²) >= 11 is 0. The van der Waals surface area contributed by atoms with Crippen molar-refractivity contribution in [2.75, 3.05) is 11.9 Å². The van der Waals surface area contributed by atoms with Crippen LogP contribution in [0.25, 0.3) is 22.2 Å². The van der Waals surface area contributed by atoms with Crippen molar-refractivity contribution in [1.82, 2.24) is 4.98 Å². The fourth-order valence-electron chi connectivity index (χ4n) is 3.86. The molecule has 1 aromatic heterocycles. The summed E-state index contributed by atoms with van der Waals surface area (Å²) in [5, 5.41) is 3.81. The molecule has 0 spiro atoms. The maximum absolute atomic E-state index is 13.5. The Labute approximate surface area is 204 Å². The molecule has 0 aliphatic heterocycles. The molecule has 0 saturated carbocycles. The lowest BCUT2D eigenvalue weighted by molar-refractivity contribution is 0.102. The lowest BCUT2D eigenvalue weighted by Crippen LogP contribution is -2.13. The van der Waals surface area contributed by atoms with Crippen LogP contribution in [-0.2, 0) is 0 Å². The largest absolute Gasteiger partial charge is 0.494 e. The van der Waals surface area contributed by atoms with Gasteiger partial charge in [0.2, 0.25) is 0 Å². The Hall–Kier alpha value is -4.64. The molecule has 1 N–H and O–H groups in total. The van der Waals surface area contributed by atoms with Crippen LogP contribution in [0.3, 0.4) is 0 Å². The van der Waals surface area contributed by atoms with E-state index in [2.05, 4.69) is 5.32 Å². The Morgan fingerprint density at radius 1 is 0.800 bits per heavy atom. The molecule has 0 unspecified atom stereocenters. The lowest BCUT2D eigenvalue weighted by Gasteiger charge is -2.14. The molecule has 0 aliphatic rings. The van der Waals surface area contributed by atoms with Crippen molar-refractivity contribution in [2.24, 2.45) is 0 Å². The number of hydrogen-bond donors (Lipinski definition) is 1. The Kier molecular flexibility index (Phi) is 6.39. The molecule has 5 nitrogen and oxygen atoms in total. The predicted octanol–water partition coefficient (Wildman–Crippen LogP) is 7.35. The molecule has 0 fully saturated rings. The zero-order valence-electron chi connectivity index (χ0n) is 19.3. The second-order valence-corrected chi connectivity index (χ2v) is 7.89. The number of rotatable bonds is 7. The van der Waals surface area contributed by atoms with Gasteiger partial charge in [0.25, 0.3) is 5.91 Å². The Balaban J connectivity index is 1.49. The van der Waals surface area contributed by atoms with Gasteiger partial charge in [-0.3, -0.25) is 4.79 Å². The number of hydrogen-bond acceptors (Lipinski definition) is 4. The molecule has 0 saturated heterocycles. The first-order valence-electron chi connectivity index (χ1n) is 11.5. The maximum atomic E-state index is 13.5. The highest BCUT2D eigenvalue weighted by molar-refractivity contribution is 6.13. The number of nitrogens with one attached hydrogen (secondary N) is 1. The first-order chi connectivity index (χ1) is 17.2. The first-order valence-corrected chi connectivity index (χ1v) is 11.5. The molecule has 0 bridgehead atoms. The number of benzene rings is 4. The van der Waals surface area contributed by atoms with Crippen molar-refractivity contribution in [3.05, 3.63) is 115 Å². The van der Waals surface area contributed by atoms with Crippen LogP contribution in [0.2, 0.25) is 0 Å². The summed E-state index contributed by atoms with van der Waals surface area (Å²) in [6.45, 7) is 2.56. The second-order valence-electron chi connectivity index (χ2n) is 7.89. The van der Waals surface area contributed by atoms with Crippen LogP contribution in [-0.4, -0.2) is 17.5 Å². The minimum Gasteiger partial charge on any atom is -0.494 e. The maximum Gasteiger partial charge on any atom is 0.256 e. The molecular weight excluding hydrogens is 436 g/mol. The third-order valence-electron chi connectivity index (χ3n) is 5.53. The third kappa shape index (κ3) is 4.99. The molecule has 4 aromatic carbocycles. The van der Waals surface area contributed by atoms with Gasteiger partial charge in [0.15, 0.2) is 5.75 Å². The van der Waals surface area contributed by atoms with Crippen LogP contribution in [0.5, 0.6) is 17.2 Å². The topological polar surface area (TPSA) is 60.5 Å². The van der Waals surface area contributed by atoms with Gasteiger partial charge >= 0.3 is 0 Å². The van der Waals surface area contributed by atoms with Crippen molar-refractivity contribution in [1.29, 1.82) is 0 Å². The van der Waals surface area contributed by atoms with E-state index in [1.807, 2.05) is 116 Å². The van der Waals surface area contributed by atoms with E-state index in [0.29, 0.717) is 35.1 Å². The predicted molar refractivity (Wildman–Crippen MR) is 139 cm³/mol. The van der Waals surface area contributed by atoms with E-state index in [4.69, 9.17) is 14.5 Å². The molecule has 0 aliphatic carbocycles.